The summed E-state index contributed by atoms with van der Waals surface area (Å²) in [5.41, 5.74) is 0. The zero-order valence-electron chi connectivity index (χ0n) is 5.07. The van der Waals surface area contributed by atoms with Gasteiger partial charge in [0.15, 0.2) is 11.5 Å². The number of aromatic hydroxyl groups is 3. The van der Waals surface area contributed by atoms with E-state index in [1.807, 2.05) is 0 Å². The van der Waals surface area contributed by atoms with E-state index < -0.39 is 0 Å². The van der Waals surface area contributed by atoms with Crippen molar-refractivity contribution < 1.29 is 15.3 Å². The third-order valence-corrected chi connectivity index (χ3v) is 0.959. The fraction of sp³-hybridized carbons (Fsp3) is 0. The molecule has 0 aliphatic heterocycles. The Hall–Kier alpha value is -0.581. The average Bonchev–Trinajstić information content (AvgIpc) is 1.80. The van der Waals surface area contributed by atoms with E-state index in [-0.39, 0.29) is 41.2 Å². The number of rotatable bonds is 0. The molecule has 1 aromatic rings. The van der Waals surface area contributed by atoms with Crippen molar-refractivity contribution in [3.63, 3.8) is 0 Å². The summed E-state index contributed by atoms with van der Waals surface area (Å²) in [4.78, 5) is 0. The van der Waals surface area contributed by atoms with Gasteiger partial charge in [-0.2, -0.15) is 0 Å². The molecular formula is C6H6O3Sn. The van der Waals surface area contributed by atoms with E-state index in [0.29, 0.717) is 0 Å². The fourth-order valence-corrected chi connectivity index (χ4v) is 0.512. The maximum atomic E-state index is 8.69. The molecule has 4 heteroatoms. The van der Waals surface area contributed by atoms with Gasteiger partial charge in [0.1, 0.15) is 5.75 Å². The number of phenolic OH excluding ortho intramolecular Hbond substituents is 3. The van der Waals surface area contributed by atoms with Crippen molar-refractivity contribution in [1.82, 2.24) is 0 Å². The van der Waals surface area contributed by atoms with Crippen molar-refractivity contribution in [2.45, 2.75) is 0 Å². The van der Waals surface area contributed by atoms with Crippen LogP contribution in [0.2, 0.25) is 0 Å². The van der Waals surface area contributed by atoms with Gasteiger partial charge in [0.2, 0.25) is 0 Å². The third-order valence-electron chi connectivity index (χ3n) is 0.959. The average molecular weight is 245 g/mol. The first-order valence-electron chi connectivity index (χ1n) is 2.41. The van der Waals surface area contributed by atoms with Gasteiger partial charge in [0, 0.05) is 30.0 Å². The molecular weight excluding hydrogens is 239 g/mol. The number of phenols is 3. The van der Waals surface area contributed by atoms with E-state index in [1.54, 1.807) is 0 Å². The second kappa shape index (κ2) is 3.55. The predicted molar refractivity (Wildman–Crippen MR) is 37.2 cm³/mol. The molecule has 0 fully saturated rings. The van der Waals surface area contributed by atoms with E-state index in [0.717, 1.165) is 6.07 Å². The van der Waals surface area contributed by atoms with Crippen LogP contribution in [0.15, 0.2) is 18.2 Å². The Bertz CT molecular complexity index is 224. The normalized spacial score (nSPS) is 8.40. The minimum atomic E-state index is -0.310. The summed E-state index contributed by atoms with van der Waals surface area (Å²) in [7, 11) is 0. The molecule has 0 aromatic heterocycles. The topological polar surface area (TPSA) is 60.7 Å². The van der Waals surface area contributed by atoms with Gasteiger partial charge in [-0.25, -0.2) is 0 Å². The van der Waals surface area contributed by atoms with Crippen LogP contribution >= 0.6 is 0 Å². The molecule has 0 saturated carbocycles. The Morgan fingerprint density at radius 1 is 0.900 bits per heavy atom. The van der Waals surface area contributed by atoms with E-state index in [2.05, 4.69) is 0 Å². The summed E-state index contributed by atoms with van der Waals surface area (Å²) in [6, 6.07) is 3.56. The minimum Gasteiger partial charge on any atom is -0.508 e. The van der Waals surface area contributed by atoms with Gasteiger partial charge in [0.05, 0.1) is 0 Å². The van der Waals surface area contributed by atoms with Gasteiger partial charge in [-0.15, -0.1) is 0 Å². The Morgan fingerprint density at radius 3 is 1.90 bits per heavy atom. The molecule has 52 valence electrons. The smallest absolute Gasteiger partial charge is 0.161 e. The summed E-state index contributed by atoms with van der Waals surface area (Å²) in [5, 5.41) is 26.0. The molecule has 1 rings (SSSR count). The summed E-state index contributed by atoms with van der Waals surface area (Å²) < 4.78 is 0. The van der Waals surface area contributed by atoms with E-state index >= 15 is 0 Å². The van der Waals surface area contributed by atoms with Crippen molar-refractivity contribution in [1.29, 1.82) is 0 Å². The quantitative estimate of drug-likeness (QED) is 0.352. The summed E-state index contributed by atoms with van der Waals surface area (Å²) in [5.74, 6) is -0.604. The predicted octanol–water partition coefficient (Wildman–Crippen LogP) is 0.423. The van der Waals surface area contributed by atoms with Gasteiger partial charge >= 0.3 is 0 Å². The molecule has 0 heterocycles. The molecule has 10 heavy (non-hydrogen) atoms. The van der Waals surface area contributed by atoms with Crippen LogP contribution in [-0.2, 0) is 0 Å². The molecule has 0 amide bonds. The molecule has 4 radical (unpaired) electrons. The van der Waals surface area contributed by atoms with E-state index in [9.17, 15) is 0 Å². The number of benzene rings is 1. The first-order valence-corrected chi connectivity index (χ1v) is 2.41. The molecule has 0 aliphatic rings. The SMILES string of the molecule is Oc1ccc(O)c(O)c1.[Sn]. The van der Waals surface area contributed by atoms with Crippen LogP contribution in [0, 0.1) is 0 Å². The third kappa shape index (κ3) is 1.98. The molecule has 0 bridgehead atoms. The van der Waals surface area contributed by atoms with Gasteiger partial charge in [0.25, 0.3) is 0 Å². The first-order chi connectivity index (χ1) is 4.20. The Labute approximate surface area is 74.9 Å². The van der Waals surface area contributed by atoms with Crippen molar-refractivity contribution in [2.24, 2.45) is 0 Å². The zero-order chi connectivity index (χ0) is 6.85. The van der Waals surface area contributed by atoms with E-state index in [1.165, 1.54) is 12.1 Å². The standard InChI is InChI=1S/C6H6O3.Sn/c7-4-1-2-5(8)6(9)3-4;/h1-3,7-9H;. The summed E-state index contributed by atoms with van der Waals surface area (Å²) >= 11 is 0. The van der Waals surface area contributed by atoms with Crippen LogP contribution in [0.25, 0.3) is 0 Å². The number of hydrogen-bond donors (Lipinski definition) is 3. The molecule has 0 aliphatic carbocycles. The minimum absolute atomic E-state index is 0. The van der Waals surface area contributed by atoms with Gasteiger partial charge in [-0.3, -0.25) is 0 Å². The monoisotopic (exact) mass is 246 g/mol. The van der Waals surface area contributed by atoms with Crippen LogP contribution in [-0.4, -0.2) is 39.2 Å². The molecule has 0 saturated heterocycles. The maximum absolute atomic E-state index is 8.69. The van der Waals surface area contributed by atoms with Crippen molar-refractivity contribution in [3.05, 3.63) is 18.2 Å². The summed E-state index contributed by atoms with van der Waals surface area (Å²) in [6.45, 7) is 0. The molecule has 3 nitrogen and oxygen atoms in total. The first kappa shape index (κ1) is 9.42. The largest absolute Gasteiger partial charge is 0.508 e. The second-order valence-corrected chi connectivity index (χ2v) is 1.67. The van der Waals surface area contributed by atoms with E-state index in [4.69, 9.17) is 15.3 Å². The molecule has 0 atom stereocenters. The summed E-state index contributed by atoms with van der Waals surface area (Å²) in [6.07, 6.45) is 0. The Balaban J connectivity index is 0.000000810. The fourth-order valence-electron chi connectivity index (χ4n) is 0.512. The second-order valence-electron chi connectivity index (χ2n) is 1.67. The Kier molecular flexibility index (Phi) is 3.35. The molecule has 0 unspecified atom stereocenters. The molecule has 1 aromatic carbocycles. The number of hydrogen-bond acceptors (Lipinski definition) is 3. The zero-order valence-corrected chi connectivity index (χ0v) is 7.93. The van der Waals surface area contributed by atoms with Crippen LogP contribution < -0.4 is 0 Å². The van der Waals surface area contributed by atoms with Crippen LogP contribution in [0.4, 0.5) is 0 Å². The van der Waals surface area contributed by atoms with Crippen LogP contribution in [0.1, 0.15) is 0 Å². The van der Waals surface area contributed by atoms with Crippen LogP contribution in [0.3, 0.4) is 0 Å². The van der Waals surface area contributed by atoms with Crippen molar-refractivity contribution in [3.8, 4) is 17.2 Å². The van der Waals surface area contributed by atoms with Crippen molar-refractivity contribution >= 4 is 23.9 Å². The van der Waals surface area contributed by atoms with Crippen LogP contribution in [0.5, 0.6) is 17.2 Å². The molecule has 0 spiro atoms. The van der Waals surface area contributed by atoms with Gasteiger partial charge in [-0.1, -0.05) is 0 Å². The van der Waals surface area contributed by atoms with Gasteiger partial charge < -0.3 is 15.3 Å². The van der Waals surface area contributed by atoms with Gasteiger partial charge in [-0.05, 0) is 12.1 Å². The Morgan fingerprint density at radius 2 is 1.50 bits per heavy atom. The van der Waals surface area contributed by atoms with Crippen molar-refractivity contribution in [2.75, 3.05) is 0 Å². The molecule has 3 N–H and O–H groups in total. The maximum Gasteiger partial charge on any atom is 0.161 e.